The Hall–Kier alpha value is -2.05. The van der Waals surface area contributed by atoms with Crippen molar-refractivity contribution >= 4 is 33.3 Å². The summed E-state index contributed by atoms with van der Waals surface area (Å²) < 4.78 is 24.8. The minimum Gasteiger partial charge on any atom is -0.478 e. The van der Waals surface area contributed by atoms with Gasteiger partial charge in [-0.1, -0.05) is 29.8 Å². The van der Waals surface area contributed by atoms with E-state index in [-0.39, 0.29) is 10.6 Å². The van der Waals surface area contributed by atoms with Crippen LogP contribution in [-0.2, 0) is 10.0 Å². The highest BCUT2D eigenvalue weighted by Crippen LogP contribution is 2.27. The van der Waals surface area contributed by atoms with Gasteiger partial charge in [-0.05, 0) is 35.4 Å². The molecule has 0 radical (unpaired) electrons. The third kappa shape index (κ3) is 3.96. The van der Waals surface area contributed by atoms with Gasteiger partial charge in [-0.3, -0.25) is 4.72 Å². The first-order chi connectivity index (χ1) is 9.76. The smallest absolute Gasteiger partial charge is 0.337 e. The maximum Gasteiger partial charge on any atom is 0.337 e. The van der Waals surface area contributed by atoms with E-state index in [1.165, 1.54) is 12.1 Å². The molecule has 0 heterocycles. The van der Waals surface area contributed by atoms with Crippen molar-refractivity contribution in [2.45, 2.75) is 0 Å². The molecular formula is C14H12ClNO4S. The van der Waals surface area contributed by atoms with Crippen molar-refractivity contribution in [2.24, 2.45) is 0 Å². The Morgan fingerprint density at radius 3 is 2.38 bits per heavy atom. The fourth-order valence-corrected chi connectivity index (χ4v) is 2.66. The first-order valence-electron chi connectivity index (χ1n) is 5.87. The highest BCUT2D eigenvalue weighted by atomic mass is 35.5. The standard InChI is InChI=1S/C14H12ClNO4S/c1-21(19,20)16-11-4-2-3-9(7-11)10-5-6-12(14(17)18)13(15)8-10/h2-8,16H,1H3,(H,17,18). The Bertz CT molecular complexity index is 802. The molecule has 5 nitrogen and oxygen atoms in total. The van der Waals surface area contributed by atoms with E-state index in [4.69, 9.17) is 16.7 Å². The Morgan fingerprint density at radius 2 is 1.81 bits per heavy atom. The molecule has 0 aliphatic heterocycles. The van der Waals surface area contributed by atoms with Gasteiger partial charge in [-0.2, -0.15) is 0 Å². The Labute approximate surface area is 127 Å². The van der Waals surface area contributed by atoms with E-state index in [0.717, 1.165) is 11.8 Å². The van der Waals surface area contributed by atoms with Crippen LogP contribution in [0.5, 0.6) is 0 Å². The number of hydrogen-bond donors (Lipinski definition) is 2. The second-order valence-corrected chi connectivity index (χ2v) is 6.61. The predicted octanol–water partition coefficient (Wildman–Crippen LogP) is 3.08. The summed E-state index contributed by atoms with van der Waals surface area (Å²) >= 11 is 5.93. The average Bonchev–Trinajstić information content (AvgIpc) is 2.36. The highest BCUT2D eigenvalue weighted by Gasteiger charge is 2.10. The number of sulfonamides is 1. The molecule has 0 amide bonds. The second kappa shape index (κ2) is 5.75. The van der Waals surface area contributed by atoms with E-state index >= 15 is 0 Å². The molecule has 2 aromatic rings. The fraction of sp³-hybridized carbons (Fsp3) is 0.0714. The van der Waals surface area contributed by atoms with Crippen LogP contribution in [0.2, 0.25) is 5.02 Å². The zero-order valence-electron chi connectivity index (χ0n) is 11.0. The minimum atomic E-state index is -3.36. The quantitative estimate of drug-likeness (QED) is 0.904. The van der Waals surface area contributed by atoms with Gasteiger partial charge in [-0.25, -0.2) is 13.2 Å². The summed E-state index contributed by atoms with van der Waals surface area (Å²) in [6.45, 7) is 0. The number of nitrogens with one attached hydrogen (secondary N) is 1. The number of halogens is 1. The van der Waals surface area contributed by atoms with Crippen molar-refractivity contribution in [1.29, 1.82) is 0 Å². The molecule has 0 bridgehead atoms. The Kier molecular flexibility index (Phi) is 4.20. The van der Waals surface area contributed by atoms with Crippen LogP contribution in [0.25, 0.3) is 11.1 Å². The number of hydrogen-bond acceptors (Lipinski definition) is 3. The van der Waals surface area contributed by atoms with Gasteiger partial charge in [0.15, 0.2) is 0 Å². The van der Waals surface area contributed by atoms with Crippen LogP contribution in [0.3, 0.4) is 0 Å². The first-order valence-corrected chi connectivity index (χ1v) is 8.14. The molecule has 0 spiro atoms. The highest BCUT2D eigenvalue weighted by molar-refractivity contribution is 7.92. The molecule has 0 aliphatic rings. The largest absolute Gasteiger partial charge is 0.478 e. The van der Waals surface area contributed by atoms with Gasteiger partial charge >= 0.3 is 5.97 Å². The monoisotopic (exact) mass is 325 g/mol. The SMILES string of the molecule is CS(=O)(=O)Nc1cccc(-c2ccc(C(=O)O)c(Cl)c2)c1. The van der Waals surface area contributed by atoms with Crippen molar-refractivity contribution in [2.75, 3.05) is 11.0 Å². The number of carboxylic acid groups (broad SMARTS) is 1. The van der Waals surface area contributed by atoms with Gasteiger partial charge in [0.2, 0.25) is 10.0 Å². The topological polar surface area (TPSA) is 83.5 Å². The number of benzene rings is 2. The zero-order chi connectivity index (χ0) is 15.6. The summed E-state index contributed by atoms with van der Waals surface area (Å²) in [7, 11) is -3.36. The van der Waals surface area contributed by atoms with Crippen molar-refractivity contribution in [3.8, 4) is 11.1 Å². The second-order valence-electron chi connectivity index (χ2n) is 4.45. The summed E-state index contributed by atoms with van der Waals surface area (Å²) in [5.74, 6) is -1.10. The van der Waals surface area contributed by atoms with Crippen molar-refractivity contribution < 1.29 is 18.3 Å². The fourth-order valence-electron chi connectivity index (χ4n) is 1.84. The molecule has 110 valence electrons. The maximum absolute atomic E-state index is 11.2. The number of rotatable bonds is 4. The molecule has 2 N–H and O–H groups in total. The summed E-state index contributed by atoms with van der Waals surface area (Å²) in [6.07, 6.45) is 1.07. The normalized spacial score (nSPS) is 11.1. The molecule has 0 saturated heterocycles. The molecule has 0 atom stereocenters. The number of carboxylic acids is 1. The predicted molar refractivity (Wildman–Crippen MR) is 82.3 cm³/mol. The van der Waals surface area contributed by atoms with Crippen molar-refractivity contribution in [1.82, 2.24) is 0 Å². The van der Waals surface area contributed by atoms with E-state index in [0.29, 0.717) is 11.3 Å². The van der Waals surface area contributed by atoms with Crippen LogP contribution in [0, 0.1) is 0 Å². The van der Waals surface area contributed by atoms with Gasteiger partial charge in [-0.15, -0.1) is 0 Å². The number of carbonyl (C=O) groups is 1. The zero-order valence-corrected chi connectivity index (χ0v) is 12.6. The summed E-state index contributed by atoms with van der Waals surface area (Å²) in [5, 5.41) is 9.06. The molecule has 2 rings (SSSR count). The van der Waals surface area contributed by atoms with E-state index in [9.17, 15) is 13.2 Å². The molecular weight excluding hydrogens is 314 g/mol. The van der Waals surface area contributed by atoms with Crippen LogP contribution in [0.4, 0.5) is 5.69 Å². The summed E-state index contributed by atoms with van der Waals surface area (Å²) in [4.78, 5) is 10.9. The van der Waals surface area contributed by atoms with Gasteiger partial charge in [0, 0.05) is 5.69 Å². The Balaban J connectivity index is 2.41. The lowest BCUT2D eigenvalue weighted by atomic mass is 10.0. The molecule has 0 saturated carbocycles. The molecule has 21 heavy (non-hydrogen) atoms. The van der Waals surface area contributed by atoms with Crippen LogP contribution in [-0.4, -0.2) is 25.7 Å². The molecule has 0 unspecified atom stereocenters. The third-order valence-corrected chi connectivity index (χ3v) is 3.62. The first kappa shape index (κ1) is 15.3. The lowest BCUT2D eigenvalue weighted by molar-refractivity contribution is 0.0697. The van der Waals surface area contributed by atoms with E-state index in [1.807, 2.05) is 0 Å². The molecule has 0 aliphatic carbocycles. The number of aromatic carboxylic acids is 1. The summed E-state index contributed by atoms with van der Waals surface area (Å²) in [6, 6.07) is 11.3. The van der Waals surface area contributed by atoms with Crippen LogP contribution < -0.4 is 4.72 Å². The van der Waals surface area contributed by atoms with E-state index < -0.39 is 16.0 Å². The molecule has 0 aromatic heterocycles. The van der Waals surface area contributed by atoms with Crippen LogP contribution in [0.15, 0.2) is 42.5 Å². The Morgan fingerprint density at radius 1 is 1.14 bits per heavy atom. The summed E-state index contributed by atoms with van der Waals surface area (Å²) in [5.41, 5.74) is 1.86. The molecule has 7 heteroatoms. The number of anilines is 1. The van der Waals surface area contributed by atoms with Gasteiger partial charge in [0.1, 0.15) is 0 Å². The van der Waals surface area contributed by atoms with Crippen LogP contribution in [0.1, 0.15) is 10.4 Å². The van der Waals surface area contributed by atoms with Gasteiger partial charge in [0.25, 0.3) is 0 Å². The van der Waals surface area contributed by atoms with Gasteiger partial charge < -0.3 is 5.11 Å². The van der Waals surface area contributed by atoms with Crippen LogP contribution >= 0.6 is 11.6 Å². The molecule has 2 aromatic carbocycles. The minimum absolute atomic E-state index is 0.0193. The van der Waals surface area contributed by atoms with Crippen molar-refractivity contribution in [3.63, 3.8) is 0 Å². The maximum atomic E-state index is 11.2. The van der Waals surface area contributed by atoms with E-state index in [2.05, 4.69) is 4.72 Å². The van der Waals surface area contributed by atoms with E-state index in [1.54, 1.807) is 30.3 Å². The average molecular weight is 326 g/mol. The molecule has 0 fully saturated rings. The third-order valence-electron chi connectivity index (χ3n) is 2.70. The lowest BCUT2D eigenvalue weighted by Crippen LogP contribution is -2.09. The lowest BCUT2D eigenvalue weighted by Gasteiger charge is -2.08. The van der Waals surface area contributed by atoms with Crippen molar-refractivity contribution in [3.05, 3.63) is 53.1 Å². The van der Waals surface area contributed by atoms with Gasteiger partial charge in [0.05, 0.1) is 16.8 Å².